The van der Waals surface area contributed by atoms with Crippen molar-refractivity contribution in [1.29, 1.82) is 0 Å². The van der Waals surface area contributed by atoms with Crippen LogP contribution in [0, 0.1) is 6.92 Å². The van der Waals surface area contributed by atoms with Crippen LogP contribution >= 0.6 is 11.8 Å². The number of hydrogen-bond acceptors (Lipinski definition) is 4. The van der Waals surface area contributed by atoms with E-state index < -0.39 is 0 Å². The maximum absolute atomic E-state index is 5.90. The third-order valence-corrected chi connectivity index (χ3v) is 3.99. The summed E-state index contributed by atoms with van der Waals surface area (Å²) in [5, 5.41) is 0.697. The topological polar surface area (TPSA) is 52.0 Å². The fraction of sp³-hybridized carbons (Fsp3) is 0.133. The smallest absolute Gasteiger partial charge is 0.257 e. The molecule has 0 aliphatic carbocycles. The molecule has 0 radical (unpaired) electrons. The third kappa shape index (κ3) is 2.44. The fourth-order valence-corrected chi connectivity index (χ4v) is 2.82. The Hall–Kier alpha value is -1.94. The lowest BCUT2D eigenvalue weighted by molar-refractivity contribution is 0.489. The van der Waals surface area contributed by atoms with Gasteiger partial charge in [-0.15, -0.1) is 0 Å². The van der Waals surface area contributed by atoms with Crippen molar-refractivity contribution in [1.82, 2.24) is 4.98 Å². The minimum Gasteiger partial charge on any atom is -0.431 e. The molecule has 0 saturated heterocycles. The molecule has 3 rings (SSSR count). The highest BCUT2D eigenvalue weighted by atomic mass is 32.2. The molecule has 0 amide bonds. The number of benzene rings is 2. The SMILES string of the molecule is Cc1c(N)cccc1CSc1nc2ccccc2o1. The molecule has 1 aromatic heterocycles. The van der Waals surface area contributed by atoms with E-state index in [1.807, 2.05) is 43.3 Å². The van der Waals surface area contributed by atoms with E-state index in [1.165, 1.54) is 5.56 Å². The van der Waals surface area contributed by atoms with Crippen LogP contribution in [0.2, 0.25) is 0 Å². The first-order chi connectivity index (χ1) is 9.24. The van der Waals surface area contributed by atoms with E-state index in [0.717, 1.165) is 28.1 Å². The highest BCUT2D eigenvalue weighted by molar-refractivity contribution is 7.98. The summed E-state index contributed by atoms with van der Waals surface area (Å²) in [6.45, 7) is 2.04. The van der Waals surface area contributed by atoms with Crippen LogP contribution in [-0.2, 0) is 5.75 Å². The number of anilines is 1. The van der Waals surface area contributed by atoms with E-state index >= 15 is 0 Å². The summed E-state index contributed by atoms with van der Waals surface area (Å²) in [6, 6.07) is 13.8. The molecule has 0 aliphatic rings. The second-order valence-electron chi connectivity index (χ2n) is 4.37. The summed E-state index contributed by atoms with van der Waals surface area (Å²) in [5.74, 6) is 0.809. The van der Waals surface area contributed by atoms with Crippen molar-refractivity contribution < 1.29 is 4.42 Å². The van der Waals surface area contributed by atoms with E-state index in [4.69, 9.17) is 10.2 Å². The minimum atomic E-state index is 0.697. The second kappa shape index (κ2) is 4.97. The summed E-state index contributed by atoms with van der Waals surface area (Å²) in [5.41, 5.74) is 10.8. The zero-order valence-electron chi connectivity index (χ0n) is 10.6. The number of oxazole rings is 1. The predicted octanol–water partition coefficient (Wildman–Crippen LogP) is 4.01. The van der Waals surface area contributed by atoms with Gasteiger partial charge >= 0.3 is 0 Å². The lowest BCUT2D eigenvalue weighted by atomic mass is 10.1. The number of para-hydroxylation sites is 2. The summed E-state index contributed by atoms with van der Waals surface area (Å²) in [4.78, 5) is 4.44. The van der Waals surface area contributed by atoms with E-state index in [0.29, 0.717) is 5.22 Å². The largest absolute Gasteiger partial charge is 0.431 e. The molecule has 0 spiro atoms. The molecule has 3 aromatic rings. The van der Waals surface area contributed by atoms with Crippen LogP contribution in [0.3, 0.4) is 0 Å². The van der Waals surface area contributed by atoms with Gasteiger partial charge in [0, 0.05) is 11.4 Å². The van der Waals surface area contributed by atoms with Gasteiger partial charge in [-0.05, 0) is 36.2 Å². The van der Waals surface area contributed by atoms with Crippen molar-refractivity contribution in [2.75, 3.05) is 5.73 Å². The van der Waals surface area contributed by atoms with Gasteiger partial charge in [-0.1, -0.05) is 36.0 Å². The Morgan fingerprint density at radius 3 is 2.84 bits per heavy atom. The average molecular weight is 270 g/mol. The van der Waals surface area contributed by atoms with Crippen molar-refractivity contribution >= 4 is 28.5 Å². The van der Waals surface area contributed by atoms with Gasteiger partial charge in [0.2, 0.25) is 0 Å². The number of hydrogen-bond donors (Lipinski definition) is 1. The Morgan fingerprint density at radius 2 is 2.00 bits per heavy atom. The number of rotatable bonds is 3. The first-order valence-electron chi connectivity index (χ1n) is 6.06. The van der Waals surface area contributed by atoms with Gasteiger partial charge < -0.3 is 10.2 Å². The molecule has 0 aliphatic heterocycles. The maximum Gasteiger partial charge on any atom is 0.257 e. The average Bonchev–Trinajstić information content (AvgIpc) is 2.83. The van der Waals surface area contributed by atoms with Gasteiger partial charge in [0.25, 0.3) is 5.22 Å². The van der Waals surface area contributed by atoms with Crippen molar-refractivity contribution in [3.63, 3.8) is 0 Å². The number of nitrogens with zero attached hydrogens (tertiary/aromatic N) is 1. The Balaban J connectivity index is 1.80. The van der Waals surface area contributed by atoms with Crippen LogP contribution in [0.1, 0.15) is 11.1 Å². The number of nitrogens with two attached hydrogens (primary N) is 1. The summed E-state index contributed by atoms with van der Waals surface area (Å²) >= 11 is 1.59. The summed E-state index contributed by atoms with van der Waals surface area (Å²) < 4.78 is 5.68. The van der Waals surface area contributed by atoms with E-state index in [-0.39, 0.29) is 0 Å². The Bertz CT molecular complexity index is 688. The van der Waals surface area contributed by atoms with Crippen LogP contribution in [0.5, 0.6) is 0 Å². The minimum absolute atomic E-state index is 0.697. The van der Waals surface area contributed by atoms with Gasteiger partial charge in [-0.2, -0.15) is 0 Å². The fourth-order valence-electron chi connectivity index (χ4n) is 1.91. The van der Waals surface area contributed by atoms with Gasteiger partial charge in [0.15, 0.2) is 5.58 Å². The zero-order chi connectivity index (χ0) is 13.2. The molecule has 19 heavy (non-hydrogen) atoms. The second-order valence-corrected chi connectivity index (χ2v) is 5.29. The Kier molecular flexibility index (Phi) is 3.17. The first kappa shape index (κ1) is 12.1. The summed E-state index contributed by atoms with van der Waals surface area (Å²) in [7, 11) is 0. The van der Waals surface area contributed by atoms with Gasteiger partial charge in [-0.3, -0.25) is 0 Å². The van der Waals surface area contributed by atoms with Crippen LogP contribution in [-0.4, -0.2) is 4.98 Å². The molecule has 1 heterocycles. The first-order valence-corrected chi connectivity index (χ1v) is 7.05. The van der Waals surface area contributed by atoms with E-state index in [2.05, 4.69) is 11.1 Å². The zero-order valence-corrected chi connectivity index (χ0v) is 11.4. The predicted molar refractivity (Wildman–Crippen MR) is 79.2 cm³/mol. The van der Waals surface area contributed by atoms with Crippen molar-refractivity contribution in [2.24, 2.45) is 0 Å². The van der Waals surface area contributed by atoms with Gasteiger partial charge in [0.05, 0.1) is 0 Å². The number of aromatic nitrogens is 1. The molecule has 0 atom stereocenters. The lowest BCUT2D eigenvalue weighted by Gasteiger charge is -2.06. The standard InChI is InChI=1S/C15H14N2OS/c1-10-11(5-4-6-12(10)16)9-19-15-17-13-7-2-3-8-14(13)18-15/h2-8H,9,16H2,1H3. The number of nitrogen functional groups attached to an aromatic ring is 1. The molecule has 0 unspecified atom stereocenters. The third-order valence-electron chi connectivity index (χ3n) is 3.11. The molecular weight excluding hydrogens is 256 g/mol. The molecule has 4 heteroatoms. The van der Waals surface area contributed by atoms with Crippen LogP contribution in [0.25, 0.3) is 11.1 Å². The van der Waals surface area contributed by atoms with Crippen molar-refractivity contribution in [3.8, 4) is 0 Å². The molecule has 0 saturated carbocycles. The molecule has 2 aromatic carbocycles. The van der Waals surface area contributed by atoms with Gasteiger partial charge in [0.1, 0.15) is 5.52 Å². The number of thioether (sulfide) groups is 1. The van der Waals surface area contributed by atoms with Crippen molar-refractivity contribution in [3.05, 3.63) is 53.6 Å². The quantitative estimate of drug-likeness (QED) is 0.577. The molecule has 0 bridgehead atoms. The highest BCUT2D eigenvalue weighted by Crippen LogP contribution is 2.28. The van der Waals surface area contributed by atoms with Crippen molar-refractivity contribution in [2.45, 2.75) is 17.9 Å². The number of fused-ring (bicyclic) bond motifs is 1. The Labute approximate surface area is 115 Å². The maximum atomic E-state index is 5.90. The van der Waals surface area contributed by atoms with Gasteiger partial charge in [-0.25, -0.2) is 4.98 Å². The normalized spacial score (nSPS) is 11.0. The van der Waals surface area contributed by atoms with Crippen LogP contribution < -0.4 is 5.73 Å². The molecule has 96 valence electrons. The summed E-state index contributed by atoms with van der Waals surface area (Å²) in [6.07, 6.45) is 0. The lowest BCUT2D eigenvalue weighted by Crippen LogP contribution is -1.93. The van der Waals surface area contributed by atoms with Crippen LogP contribution in [0.4, 0.5) is 5.69 Å². The molecule has 0 fully saturated rings. The Morgan fingerprint density at radius 1 is 1.16 bits per heavy atom. The van der Waals surface area contributed by atoms with E-state index in [1.54, 1.807) is 11.8 Å². The van der Waals surface area contributed by atoms with Crippen LogP contribution in [0.15, 0.2) is 52.1 Å². The van der Waals surface area contributed by atoms with E-state index in [9.17, 15) is 0 Å². The highest BCUT2D eigenvalue weighted by Gasteiger charge is 2.07. The molecule has 2 N–H and O–H groups in total. The molecular formula is C15H14N2OS. The molecule has 3 nitrogen and oxygen atoms in total. The monoisotopic (exact) mass is 270 g/mol.